The molecule has 0 unspecified atom stereocenters. The highest BCUT2D eigenvalue weighted by Gasteiger charge is 2.22. The van der Waals surface area contributed by atoms with Gasteiger partial charge >= 0.3 is 5.97 Å². The molecule has 2 heterocycles. The second-order valence-corrected chi connectivity index (χ2v) is 6.10. The maximum absolute atomic E-state index is 11.3. The summed E-state index contributed by atoms with van der Waals surface area (Å²) in [5, 5.41) is 19.1. The summed E-state index contributed by atoms with van der Waals surface area (Å²) in [5.74, 6) is -0.197. The summed E-state index contributed by atoms with van der Waals surface area (Å²) in [5.41, 5.74) is 0.702. The molecular formula is C14H19N3O3S. The summed E-state index contributed by atoms with van der Waals surface area (Å²) in [7, 11) is 0. The van der Waals surface area contributed by atoms with Crippen LogP contribution in [0.5, 0.6) is 0 Å². The third kappa shape index (κ3) is 2.98. The molecule has 0 saturated carbocycles. The maximum atomic E-state index is 11.3. The second-order valence-electron chi connectivity index (χ2n) is 5.10. The van der Waals surface area contributed by atoms with Crippen LogP contribution in [0, 0.1) is 6.92 Å². The first kappa shape index (κ1) is 15.7. The quantitative estimate of drug-likeness (QED) is 0.851. The van der Waals surface area contributed by atoms with Gasteiger partial charge < -0.3 is 15.1 Å². The van der Waals surface area contributed by atoms with E-state index in [-0.39, 0.29) is 12.6 Å². The summed E-state index contributed by atoms with van der Waals surface area (Å²) in [6, 6.07) is 0.197. The predicted molar refractivity (Wildman–Crippen MR) is 83.3 cm³/mol. The van der Waals surface area contributed by atoms with E-state index in [0.717, 1.165) is 11.2 Å². The Balaban J connectivity index is 2.59. The molecule has 0 spiro atoms. The van der Waals surface area contributed by atoms with Crippen LogP contribution < -0.4 is 4.90 Å². The molecule has 114 valence electrons. The van der Waals surface area contributed by atoms with Gasteiger partial charge in [-0.1, -0.05) is 0 Å². The fraction of sp³-hybridized carbons (Fsp3) is 0.500. The third-order valence-electron chi connectivity index (χ3n) is 3.35. The van der Waals surface area contributed by atoms with Gasteiger partial charge in [0.05, 0.1) is 5.39 Å². The molecule has 2 aromatic heterocycles. The summed E-state index contributed by atoms with van der Waals surface area (Å²) in [4.78, 5) is 22.9. The highest BCUT2D eigenvalue weighted by atomic mass is 32.1. The van der Waals surface area contributed by atoms with Crippen molar-refractivity contribution in [2.45, 2.75) is 33.2 Å². The number of aliphatic hydroxyl groups is 1. The van der Waals surface area contributed by atoms with Gasteiger partial charge in [-0.15, -0.1) is 11.3 Å². The van der Waals surface area contributed by atoms with Gasteiger partial charge in [-0.05, 0) is 32.8 Å². The Morgan fingerprint density at radius 1 is 1.43 bits per heavy atom. The number of thiophene rings is 1. The molecule has 0 amide bonds. The molecule has 0 atom stereocenters. The Labute approximate surface area is 127 Å². The van der Waals surface area contributed by atoms with E-state index in [0.29, 0.717) is 28.2 Å². The molecule has 6 nitrogen and oxygen atoms in total. The van der Waals surface area contributed by atoms with E-state index in [1.54, 1.807) is 6.92 Å². The lowest BCUT2D eigenvalue weighted by Gasteiger charge is -2.28. The number of rotatable bonds is 6. The topological polar surface area (TPSA) is 86.5 Å². The Morgan fingerprint density at radius 3 is 2.71 bits per heavy atom. The number of aromatic nitrogens is 2. The molecule has 0 aliphatic heterocycles. The highest BCUT2D eigenvalue weighted by Crippen LogP contribution is 2.35. The van der Waals surface area contributed by atoms with Crippen LogP contribution in [0.1, 0.15) is 35.5 Å². The van der Waals surface area contributed by atoms with Gasteiger partial charge in [-0.2, -0.15) is 0 Å². The van der Waals surface area contributed by atoms with Crippen LogP contribution >= 0.6 is 11.3 Å². The van der Waals surface area contributed by atoms with Crippen molar-refractivity contribution in [3.63, 3.8) is 0 Å². The van der Waals surface area contributed by atoms with Gasteiger partial charge in [0.1, 0.15) is 21.9 Å². The first-order valence-electron chi connectivity index (χ1n) is 6.82. The van der Waals surface area contributed by atoms with Crippen LogP contribution in [-0.4, -0.2) is 45.3 Å². The Morgan fingerprint density at radius 2 is 2.14 bits per heavy atom. The van der Waals surface area contributed by atoms with Gasteiger partial charge in [0.15, 0.2) is 0 Å². The Kier molecular flexibility index (Phi) is 4.74. The minimum absolute atomic E-state index is 0.112. The Hall–Kier alpha value is -1.73. The number of hydrogen-bond acceptors (Lipinski definition) is 6. The zero-order valence-corrected chi connectivity index (χ0v) is 13.1. The predicted octanol–water partition coefficient (Wildman–Crippen LogP) is 2.30. The summed E-state index contributed by atoms with van der Waals surface area (Å²) >= 11 is 1.17. The van der Waals surface area contributed by atoms with E-state index in [1.165, 1.54) is 17.7 Å². The number of aliphatic hydroxyl groups excluding tert-OH is 1. The lowest BCUT2D eigenvalue weighted by molar-refractivity contribution is 0.0701. The molecule has 2 N–H and O–H groups in total. The number of fused-ring (bicyclic) bond motifs is 1. The van der Waals surface area contributed by atoms with E-state index in [9.17, 15) is 9.90 Å². The van der Waals surface area contributed by atoms with Crippen molar-refractivity contribution < 1.29 is 15.0 Å². The zero-order valence-electron chi connectivity index (χ0n) is 12.3. The van der Waals surface area contributed by atoms with Crippen LogP contribution in [0.2, 0.25) is 0 Å². The molecule has 0 aliphatic rings. The molecule has 7 heteroatoms. The molecule has 0 aromatic carbocycles. The van der Waals surface area contributed by atoms with Gasteiger partial charge in [0, 0.05) is 19.2 Å². The highest BCUT2D eigenvalue weighted by molar-refractivity contribution is 7.20. The third-order valence-corrected chi connectivity index (χ3v) is 4.54. The minimum Gasteiger partial charge on any atom is -0.477 e. The van der Waals surface area contributed by atoms with Crippen LogP contribution in [0.3, 0.4) is 0 Å². The molecule has 0 aliphatic carbocycles. The fourth-order valence-corrected chi connectivity index (χ4v) is 3.31. The number of hydrogen-bond donors (Lipinski definition) is 2. The van der Waals surface area contributed by atoms with Crippen LogP contribution in [0.4, 0.5) is 5.82 Å². The smallest absolute Gasteiger partial charge is 0.346 e. The lowest BCUT2D eigenvalue weighted by atomic mass is 10.1. The minimum atomic E-state index is -0.937. The van der Waals surface area contributed by atoms with Crippen molar-refractivity contribution >= 4 is 33.3 Å². The number of aromatic carboxylic acids is 1. The lowest BCUT2D eigenvalue weighted by Crippen LogP contribution is -2.33. The van der Waals surface area contributed by atoms with Crippen LogP contribution in [0.25, 0.3) is 10.2 Å². The number of carbonyl (C=O) groups is 1. The van der Waals surface area contributed by atoms with Crippen LogP contribution in [-0.2, 0) is 0 Å². The molecule has 0 fully saturated rings. The molecule has 0 radical (unpaired) electrons. The monoisotopic (exact) mass is 309 g/mol. The number of anilines is 1. The second kappa shape index (κ2) is 6.36. The van der Waals surface area contributed by atoms with Crippen molar-refractivity contribution in [2.24, 2.45) is 0 Å². The molecule has 0 bridgehead atoms. The van der Waals surface area contributed by atoms with Crippen LogP contribution in [0.15, 0.2) is 6.33 Å². The SMILES string of the molecule is Cc1c(C(=O)O)sc2ncnc(N(CCCO)C(C)C)c12. The van der Waals surface area contributed by atoms with Gasteiger partial charge in [0.2, 0.25) is 0 Å². The van der Waals surface area contributed by atoms with E-state index < -0.39 is 5.97 Å². The molecule has 0 saturated heterocycles. The van der Waals surface area contributed by atoms with Crippen molar-refractivity contribution in [3.8, 4) is 0 Å². The average Bonchev–Trinajstić information content (AvgIpc) is 2.77. The standard InChI is InChI=1S/C14H19N3O3S/c1-8(2)17(5-4-6-18)12-10-9(3)11(14(19)20)21-13(10)16-7-15-12/h7-8,18H,4-6H2,1-3H3,(H,19,20). The molecular weight excluding hydrogens is 290 g/mol. The summed E-state index contributed by atoms with van der Waals surface area (Å²) < 4.78 is 0. The molecule has 21 heavy (non-hydrogen) atoms. The van der Waals surface area contributed by atoms with E-state index in [2.05, 4.69) is 14.9 Å². The van der Waals surface area contributed by atoms with Crippen molar-refractivity contribution in [1.82, 2.24) is 9.97 Å². The first-order valence-corrected chi connectivity index (χ1v) is 7.64. The summed E-state index contributed by atoms with van der Waals surface area (Å²) in [6.45, 7) is 6.66. The normalized spacial score (nSPS) is 11.3. The van der Waals surface area contributed by atoms with Gasteiger partial charge in [-0.3, -0.25) is 0 Å². The Bertz CT molecular complexity index is 654. The zero-order chi connectivity index (χ0) is 15.6. The van der Waals surface area contributed by atoms with E-state index in [1.807, 2.05) is 13.8 Å². The van der Waals surface area contributed by atoms with Crippen molar-refractivity contribution in [3.05, 3.63) is 16.8 Å². The largest absolute Gasteiger partial charge is 0.477 e. The number of aryl methyl sites for hydroxylation is 1. The van der Waals surface area contributed by atoms with Gasteiger partial charge in [-0.25, -0.2) is 14.8 Å². The summed E-state index contributed by atoms with van der Waals surface area (Å²) in [6.07, 6.45) is 2.10. The van der Waals surface area contributed by atoms with Gasteiger partial charge in [0.25, 0.3) is 0 Å². The maximum Gasteiger partial charge on any atom is 0.346 e. The number of nitrogens with zero attached hydrogens (tertiary/aromatic N) is 3. The molecule has 2 aromatic rings. The molecule has 2 rings (SSSR count). The fourth-order valence-electron chi connectivity index (χ4n) is 2.32. The number of carboxylic acid groups (broad SMARTS) is 1. The average molecular weight is 309 g/mol. The van der Waals surface area contributed by atoms with Crippen molar-refractivity contribution in [2.75, 3.05) is 18.1 Å². The van der Waals surface area contributed by atoms with Crippen molar-refractivity contribution in [1.29, 1.82) is 0 Å². The van der Waals surface area contributed by atoms with E-state index in [4.69, 9.17) is 5.11 Å². The first-order chi connectivity index (χ1) is 9.97. The van der Waals surface area contributed by atoms with E-state index >= 15 is 0 Å². The number of carboxylic acids is 1.